The van der Waals surface area contributed by atoms with Gasteiger partial charge in [0.25, 0.3) is 0 Å². The van der Waals surface area contributed by atoms with Crippen LogP contribution in [0.5, 0.6) is 0 Å². The Hall–Kier alpha value is -5.51. The zero-order chi connectivity index (χ0) is 46.7. The van der Waals surface area contributed by atoms with E-state index in [1.54, 1.807) is 23.4 Å². The van der Waals surface area contributed by atoms with Crippen molar-refractivity contribution in [1.82, 2.24) is 34.9 Å². The van der Waals surface area contributed by atoms with Crippen LogP contribution in [0.2, 0.25) is 5.02 Å². The Morgan fingerprint density at radius 2 is 1.68 bits per heavy atom. The van der Waals surface area contributed by atoms with Gasteiger partial charge in [-0.05, 0) is 117 Å². The third kappa shape index (κ3) is 10.6. The van der Waals surface area contributed by atoms with Crippen LogP contribution in [0.25, 0.3) is 11.0 Å². The number of aromatic nitrogens is 2. The maximum Gasteiger partial charge on any atom is 0.329 e. The van der Waals surface area contributed by atoms with E-state index in [9.17, 15) is 38.4 Å². The largest absolute Gasteiger partial charge is 0.370 e. The van der Waals surface area contributed by atoms with E-state index in [4.69, 9.17) is 17.3 Å². The molecule has 65 heavy (non-hydrogen) atoms. The molecule has 17 heteroatoms. The number of aryl methyl sites for hydroxylation is 2. The van der Waals surface area contributed by atoms with Crippen LogP contribution in [0, 0.1) is 17.8 Å². The van der Waals surface area contributed by atoms with Crippen molar-refractivity contribution in [2.45, 2.75) is 141 Å². The van der Waals surface area contributed by atoms with Gasteiger partial charge >= 0.3 is 5.69 Å². The zero-order valence-corrected chi connectivity index (χ0v) is 38.7. The van der Waals surface area contributed by atoms with Gasteiger partial charge in [-0.3, -0.25) is 48.0 Å². The fourth-order valence-corrected chi connectivity index (χ4v) is 10.6. The maximum absolute atomic E-state index is 14.1. The molecule has 2 aromatic carbocycles. The van der Waals surface area contributed by atoms with Crippen molar-refractivity contribution in [3.05, 3.63) is 68.6 Å². The highest BCUT2D eigenvalue weighted by molar-refractivity contribution is 6.31. The summed E-state index contributed by atoms with van der Waals surface area (Å²) in [7, 11) is 1.69. The minimum Gasteiger partial charge on any atom is -0.370 e. The van der Waals surface area contributed by atoms with Crippen LogP contribution < -0.4 is 27.4 Å². The number of primary amides is 1. The molecule has 0 radical (unpaired) electrons. The number of carbonyl (C=O) groups excluding carboxylic acids is 7. The van der Waals surface area contributed by atoms with Crippen LogP contribution >= 0.6 is 11.6 Å². The summed E-state index contributed by atoms with van der Waals surface area (Å²) in [6.07, 6.45) is 7.00. The van der Waals surface area contributed by atoms with Crippen LogP contribution in [0.1, 0.15) is 126 Å². The molecular formula is C48H63ClN8O8. The molecule has 5 atom stereocenters. The predicted octanol–water partition coefficient (Wildman–Crippen LogP) is 4.13. The summed E-state index contributed by atoms with van der Waals surface area (Å²) in [6.45, 7) is 6.79. The van der Waals surface area contributed by atoms with Crippen LogP contribution in [0.3, 0.4) is 0 Å². The lowest BCUT2D eigenvalue weighted by Crippen LogP contribution is -2.57. The Bertz CT molecular complexity index is 2400. The highest BCUT2D eigenvalue weighted by Gasteiger charge is 2.45. The number of amides is 7. The number of hydrogen-bond acceptors (Lipinski definition) is 8. The number of piperidine rings is 1. The molecule has 4 heterocycles. The molecule has 7 amide bonds. The minimum atomic E-state index is -1.05. The van der Waals surface area contributed by atoms with E-state index in [1.165, 1.54) is 4.57 Å². The van der Waals surface area contributed by atoms with Crippen molar-refractivity contribution in [1.29, 1.82) is 0 Å². The Morgan fingerprint density at radius 1 is 0.923 bits per heavy atom. The third-order valence-electron chi connectivity index (χ3n) is 14.2. The number of imidazole rings is 1. The first-order valence-corrected chi connectivity index (χ1v) is 23.7. The number of halogens is 1. The zero-order valence-electron chi connectivity index (χ0n) is 37.9. The highest BCUT2D eigenvalue weighted by atomic mass is 35.5. The third-order valence-corrected chi connectivity index (χ3v) is 14.6. The smallest absolute Gasteiger partial charge is 0.329 e. The summed E-state index contributed by atoms with van der Waals surface area (Å²) in [5.41, 5.74) is 9.41. The molecule has 5 N–H and O–H groups in total. The second-order valence-electron chi connectivity index (χ2n) is 19.0. The van der Waals surface area contributed by atoms with Gasteiger partial charge in [-0.1, -0.05) is 50.6 Å². The summed E-state index contributed by atoms with van der Waals surface area (Å²) in [4.78, 5) is 108. The van der Waals surface area contributed by atoms with E-state index in [-0.39, 0.29) is 80.1 Å². The summed E-state index contributed by atoms with van der Waals surface area (Å²) in [5, 5.41) is 8.53. The van der Waals surface area contributed by atoms with Crippen molar-refractivity contribution in [2.75, 3.05) is 13.1 Å². The summed E-state index contributed by atoms with van der Waals surface area (Å²) >= 11 is 6.50. The van der Waals surface area contributed by atoms with Crippen molar-refractivity contribution >= 4 is 64.0 Å². The number of nitrogens with two attached hydrogens (primary N) is 1. The summed E-state index contributed by atoms with van der Waals surface area (Å²) in [5.74, 6) is -2.39. The van der Waals surface area contributed by atoms with Gasteiger partial charge in [0.05, 0.1) is 17.0 Å². The fourth-order valence-electron chi connectivity index (χ4n) is 10.3. The van der Waals surface area contributed by atoms with E-state index in [2.05, 4.69) is 29.8 Å². The normalized spacial score (nSPS) is 24.3. The molecule has 4 fully saturated rings. The molecule has 0 bridgehead atoms. The van der Waals surface area contributed by atoms with Crippen molar-refractivity contribution in [2.24, 2.45) is 30.5 Å². The lowest BCUT2D eigenvalue weighted by Gasteiger charge is -2.39. The average Bonchev–Trinajstić information content (AvgIpc) is 3.81. The van der Waals surface area contributed by atoms with E-state index in [0.717, 1.165) is 55.2 Å². The summed E-state index contributed by atoms with van der Waals surface area (Å²) < 4.78 is 3.04. The van der Waals surface area contributed by atoms with Crippen LogP contribution in [0.15, 0.2) is 41.2 Å². The second kappa shape index (κ2) is 20.3. The van der Waals surface area contributed by atoms with Crippen LogP contribution in [0.4, 0.5) is 0 Å². The van der Waals surface area contributed by atoms with Crippen LogP contribution in [-0.2, 0) is 53.6 Å². The number of benzene rings is 2. The first kappa shape index (κ1) is 47.5. The second-order valence-corrected chi connectivity index (χ2v) is 19.4. The van der Waals surface area contributed by atoms with Gasteiger partial charge in [0.1, 0.15) is 18.1 Å². The van der Waals surface area contributed by atoms with Gasteiger partial charge in [0.2, 0.25) is 41.4 Å². The number of nitrogens with one attached hydrogen (secondary N) is 3. The Kier molecular flexibility index (Phi) is 14.8. The van der Waals surface area contributed by atoms with Crippen molar-refractivity contribution in [3.8, 4) is 0 Å². The van der Waals surface area contributed by atoms with Gasteiger partial charge < -0.3 is 26.2 Å². The van der Waals surface area contributed by atoms with Gasteiger partial charge in [-0.25, -0.2) is 4.79 Å². The molecule has 3 saturated heterocycles. The van der Waals surface area contributed by atoms with Gasteiger partial charge in [-0.15, -0.1) is 0 Å². The molecule has 350 valence electrons. The fraction of sp³-hybridized carbons (Fsp3) is 0.583. The standard InChI is InChI=1S/C48H63ClN8O8/c1-27(2)32-12-13-33(35(49)24-32)25-51-43(60)36(15-19-41(50)58)52-44(61)38-17-14-34-21-22-55(26-28(3)46(63)56(34)38)47(64)31-10-7-29(8-11-31)5-6-30-9-16-37-40(23-30)54(4)48(65)57(37)39-18-20-42(59)53-45(39)62/h9,12-13,16,23-24,27-29,31,34,36,38-39H,5-8,10-11,14-15,17-22,25-26H2,1-4H3,(H2,50,58)(H,51,60)(H,52,61)(H,53,59,62)/t28-,29-,31+,34+,36-,38-,39?/m0/s1. The molecule has 7 rings (SSSR count). The van der Waals surface area contributed by atoms with E-state index < -0.39 is 47.7 Å². The lowest BCUT2D eigenvalue weighted by atomic mass is 9.79. The molecule has 1 aromatic heterocycles. The first-order valence-electron chi connectivity index (χ1n) is 23.3. The first-order chi connectivity index (χ1) is 31.0. The Balaban J connectivity index is 0.906. The van der Waals surface area contributed by atoms with Gasteiger partial charge in [0.15, 0.2) is 0 Å². The topological polar surface area (TPSA) is 215 Å². The number of fused-ring (bicyclic) bond motifs is 2. The van der Waals surface area contributed by atoms with Crippen LogP contribution in [-0.4, -0.2) is 91.5 Å². The SMILES string of the molecule is CC(C)c1ccc(CNC(=O)[C@H](CCC(N)=O)NC(=O)[C@@H]2CC[C@@H]3CCN(C(=O)[C@H]4CC[C@@H](CCc5ccc6c(c5)n(C)c(=O)n6C5CCC(=O)NC5=O)CC4)C[C@H](C)C(=O)N32)c(Cl)c1. The molecule has 1 unspecified atom stereocenters. The molecule has 4 aliphatic rings. The maximum atomic E-state index is 14.1. The monoisotopic (exact) mass is 914 g/mol. The molecular weight excluding hydrogens is 852 g/mol. The molecule has 3 aromatic rings. The van der Waals surface area contributed by atoms with Crippen molar-refractivity contribution in [3.63, 3.8) is 0 Å². The van der Waals surface area contributed by atoms with Gasteiger partial charge in [0, 0.05) is 56.5 Å². The highest BCUT2D eigenvalue weighted by Crippen LogP contribution is 2.36. The Morgan fingerprint density at radius 3 is 2.37 bits per heavy atom. The number of rotatable bonds is 14. The number of nitrogens with zero attached hydrogens (tertiary/aromatic N) is 4. The van der Waals surface area contributed by atoms with E-state index >= 15 is 0 Å². The van der Waals surface area contributed by atoms with Gasteiger partial charge in [-0.2, -0.15) is 0 Å². The number of carbonyl (C=O) groups is 7. The minimum absolute atomic E-state index is 0.00330. The molecule has 16 nitrogen and oxygen atoms in total. The van der Waals surface area contributed by atoms with E-state index in [1.807, 2.05) is 41.3 Å². The van der Waals surface area contributed by atoms with E-state index in [0.29, 0.717) is 47.8 Å². The van der Waals surface area contributed by atoms with Crippen molar-refractivity contribution < 1.29 is 33.6 Å². The molecule has 1 aliphatic carbocycles. The number of hydrogen-bond donors (Lipinski definition) is 4. The Labute approximate surface area is 384 Å². The molecule has 3 aliphatic heterocycles. The quantitative estimate of drug-likeness (QED) is 0.172. The number of imide groups is 1. The average molecular weight is 916 g/mol. The summed E-state index contributed by atoms with van der Waals surface area (Å²) in [6, 6.07) is 8.76. The lowest BCUT2D eigenvalue weighted by molar-refractivity contribution is -0.148. The predicted molar refractivity (Wildman–Crippen MR) is 244 cm³/mol. The molecule has 0 spiro atoms. The molecule has 1 saturated carbocycles.